The zero-order valence-electron chi connectivity index (χ0n) is 20.1. The van der Waals surface area contributed by atoms with Gasteiger partial charge in [-0.1, -0.05) is 61.6 Å². The zero-order valence-corrected chi connectivity index (χ0v) is 23.2. The van der Waals surface area contributed by atoms with Gasteiger partial charge in [-0.15, -0.1) is 0 Å². The summed E-state index contributed by atoms with van der Waals surface area (Å²) in [4.78, 5) is 27.2. The van der Waals surface area contributed by atoms with Crippen LogP contribution in [0, 0.1) is 10.8 Å². The van der Waals surface area contributed by atoms with Crippen LogP contribution in [0.15, 0.2) is 41.3 Å². The molecule has 0 radical (unpaired) electrons. The molecule has 1 amide bonds. The number of sulfonamides is 1. The number of carbonyl (C=O) groups excluding carboxylic acids is 2. The van der Waals surface area contributed by atoms with E-state index in [0.717, 1.165) is 31.4 Å². The van der Waals surface area contributed by atoms with Crippen molar-refractivity contribution in [2.24, 2.45) is 10.8 Å². The average Bonchev–Trinajstić information content (AvgIpc) is 2.99. The van der Waals surface area contributed by atoms with Crippen molar-refractivity contribution >= 4 is 62.4 Å². The molecule has 2 aromatic rings. The van der Waals surface area contributed by atoms with Crippen molar-refractivity contribution in [3.63, 3.8) is 0 Å². The summed E-state index contributed by atoms with van der Waals surface area (Å²) in [6.45, 7) is 6.76. The number of likely N-dealkylation sites (tertiary alicyclic amines) is 1. The van der Waals surface area contributed by atoms with E-state index < -0.39 is 22.6 Å². The minimum absolute atomic E-state index is 0.0464. The molecule has 2 bridgehead atoms. The molecule has 1 heterocycles. The second-order valence-electron chi connectivity index (χ2n) is 10.7. The summed E-state index contributed by atoms with van der Waals surface area (Å²) >= 11 is 18.3. The van der Waals surface area contributed by atoms with E-state index in [9.17, 15) is 18.0 Å². The van der Waals surface area contributed by atoms with Crippen molar-refractivity contribution in [2.75, 3.05) is 17.9 Å². The number of fused-ring (bicyclic) bond motifs is 2. The summed E-state index contributed by atoms with van der Waals surface area (Å²) in [5.41, 5.74) is 0.191. The van der Waals surface area contributed by atoms with Crippen LogP contribution in [0.3, 0.4) is 0 Å². The van der Waals surface area contributed by atoms with Crippen molar-refractivity contribution in [3.8, 4) is 0 Å². The molecule has 0 aromatic heterocycles. The van der Waals surface area contributed by atoms with Gasteiger partial charge in [-0.25, -0.2) is 13.2 Å². The van der Waals surface area contributed by atoms with E-state index in [1.54, 1.807) is 17.0 Å². The van der Waals surface area contributed by atoms with Gasteiger partial charge in [0.2, 0.25) is 0 Å². The molecule has 2 unspecified atom stereocenters. The van der Waals surface area contributed by atoms with Crippen LogP contribution in [0.5, 0.6) is 0 Å². The van der Waals surface area contributed by atoms with E-state index in [1.807, 2.05) is 0 Å². The van der Waals surface area contributed by atoms with Gasteiger partial charge >= 0.3 is 5.97 Å². The van der Waals surface area contributed by atoms with Crippen LogP contribution in [0.2, 0.25) is 15.1 Å². The lowest BCUT2D eigenvalue weighted by Gasteiger charge is -2.39. The van der Waals surface area contributed by atoms with Gasteiger partial charge in [-0.3, -0.25) is 9.52 Å². The number of amides is 1. The monoisotopic (exact) mass is 572 g/mol. The second-order valence-corrected chi connectivity index (χ2v) is 13.6. The predicted molar refractivity (Wildman–Crippen MR) is 140 cm³/mol. The van der Waals surface area contributed by atoms with E-state index in [1.165, 1.54) is 12.1 Å². The van der Waals surface area contributed by atoms with E-state index in [2.05, 4.69) is 25.5 Å². The van der Waals surface area contributed by atoms with Crippen LogP contribution in [0.1, 0.15) is 50.4 Å². The van der Waals surface area contributed by atoms with E-state index in [4.69, 9.17) is 39.5 Å². The minimum atomic E-state index is -4.19. The molecule has 2 atom stereocenters. The molecule has 1 saturated carbocycles. The highest BCUT2D eigenvalue weighted by molar-refractivity contribution is 7.92. The smallest absolute Gasteiger partial charge is 0.340 e. The average molecular weight is 574 g/mol. The number of benzene rings is 2. The number of nitrogens with zero attached hydrogens (tertiary/aromatic N) is 1. The van der Waals surface area contributed by atoms with Gasteiger partial charge in [0.25, 0.3) is 15.9 Å². The Morgan fingerprint density at radius 1 is 1.08 bits per heavy atom. The van der Waals surface area contributed by atoms with Crippen molar-refractivity contribution in [1.82, 2.24) is 4.90 Å². The standard InChI is InChI=1S/C25H27Cl3N2O5S/c1-24(2)10-17-11-25(3,13-24)14-30(17)22(31)12-35-23(32)18-8-21(20(28)9-19(18)27)36(33,34)29-16-6-4-5-15(26)7-16/h4-9,17,29H,10-14H2,1-3H3. The Balaban J connectivity index is 1.48. The summed E-state index contributed by atoms with van der Waals surface area (Å²) in [7, 11) is -4.19. The van der Waals surface area contributed by atoms with E-state index in [0.29, 0.717) is 11.6 Å². The van der Waals surface area contributed by atoms with Gasteiger partial charge in [-0.2, -0.15) is 0 Å². The first kappa shape index (κ1) is 27.0. The first-order valence-corrected chi connectivity index (χ1v) is 14.0. The fraction of sp³-hybridized carbons (Fsp3) is 0.440. The maximum atomic E-state index is 13.0. The number of hydrogen-bond donors (Lipinski definition) is 1. The molecule has 36 heavy (non-hydrogen) atoms. The molecule has 1 aliphatic carbocycles. The Morgan fingerprint density at radius 2 is 1.81 bits per heavy atom. The number of esters is 1. The van der Waals surface area contributed by atoms with Gasteiger partial charge in [0.05, 0.1) is 21.3 Å². The molecule has 11 heteroatoms. The Morgan fingerprint density at radius 3 is 2.50 bits per heavy atom. The number of nitrogens with one attached hydrogen (secondary N) is 1. The summed E-state index contributed by atoms with van der Waals surface area (Å²) in [6.07, 6.45) is 2.85. The summed E-state index contributed by atoms with van der Waals surface area (Å²) in [6, 6.07) is 8.43. The molecule has 1 saturated heterocycles. The Hall–Kier alpha value is -2.00. The van der Waals surface area contributed by atoms with Crippen LogP contribution in [0.4, 0.5) is 5.69 Å². The van der Waals surface area contributed by atoms with E-state index >= 15 is 0 Å². The van der Waals surface area contributed by atoms with E-state index in [-0.39, 0.29) is 49.0 Å². The minimum Gasteiger partial charge on any atom is -0.452 e. The molecular formula is C25H27Cl3N2O5S. The Labute approximate surface area is 226 Å². The normalized spacial score (nSPS) is 22.8. The van der Waals surface area contributed by atoms with Crippen molar-refractivity contribution < 1.29 is 22.7 Å². The predicted octanol–water partition coefficient (Wildman–Crippen LogP) is 6.03. The Bertz CT molecular complexity index is 1330. The number of rotatable bonds is 6. The quantitative estimate of drug-likeness (QED) is 0.426. The zero-order chi connectivity index (χ0) is 26.5. The Kier molecular flexibility index (Phi) is 7.29. The molecule has 0 spiro atoms. The highest BCUT2D eigenvalue weighted by Crippen LogP contribution is 2.52. The first-order chi connectivity index (χ1) is 16.7. The lowest BCUT2D eigenvalue weighted by Crippen LogP contribution is -2.39. The maximum Gasteiger partial charge on any atom is 0.340 e. The van der Waals surface area contributed by atoms with Crippen LogP contribution >= 0.6 is 34.8 Å². The third kappa shape index (κ3) is 5.77. The van der Waals surface area contributed by atoms with Crippen molar-refractivity contribution in [1.29, 1.82) is 0 Å². The molecule has 2 aromatic carbocycles. The van der Waals surface area contributed by atoms with Gasteiger partial charge in [0, 0.05) is 17.6 Å². The number of halogens is 3. The molecule has 2 fully saturated rings. The third-order valence-electron chi connectivity index (χ3n) is 6.67. The molecule has 7 nitrogen and oxygen atoms in total. The fourth-order valence-corrected chi connectivity index (χ4v) is 7.78. The second kappa shape index (κ2) is 9.71. The number of anilines is 1. The number of carbonyl (C=O) groups is 2. The van der Waals surface area contributed by atoms with Crippen LogP contribution in [0.25, 0.3) is 0 Å². The van der Waals surface area contributed by atoms with Crippen molar-refractivity contribution in [3.05, 3.63) is 57.0 Å². The SMILES string of the molecule is CC1(C)CC2CC(C)(CN2C(=O)COC(=O)c2cc(S(=O)(=O)Nc3cccc(Cl)c3)c(Cl)cc2Cl)C1. The molecular weight excluding hydrogens is 547 g/mol. The number of ether oxygens (including phenoxy) is 1. The van der Waals surface area contributed by atoms with Crippen molar-refractivity contribution in [2.45, 2.75) is 51.0 Å². The highest BCUT2D eigenvalue weighted by Gasteiger charge is 2.51. The summed E-state index contributed by atoms with van der Waals surface area (Å²) in [5, 5.41) is 0.0682. The third-order valence-corrected chi connectivity index (χ3v) is 9.06. The topological polar surface area (TPSA) is 92.8 Å². The lowest BCUT2D eigenvalue weighted by molar-refractivity contribution is -0.135. The van der Waals surface area contributed by atoms with Gasteiger partial charge in [0.1, 0.15) is 4.90 Å². The highest BCUT2D eigenvalue weighted by atomic mass is 35.5. The summed E-state index contributed by atoms with van der Waals surface area (Å²) in [5.74, 6) is -1.20. The van der Waals surface area contributed by atoms with Gasteiger partial charge in [-0.05, 0) is 60.4 Å². The fourth-order valence-electron chi connectivity index (χ4n) is 5.69. The molecule has 4 rings (SSSR count). The first-order valence-electron chi connectivity index (χ1n) is 11.4. The van der Waals surface area contributed by atoms with Crippen LogP contribution in [-0.2, 0) is 19.6 Å². The molecule has 1 aliphatic heterocycles. The van der Waals surface area contributed by atoms with Gasteiger partial charge < -0.3 is 9.64 Å². The lowest BCUT2D eigenvalue weighted by atomic mass is 9.65. The number of hydrogen-bond acceptors (Lipinski definition) is 5. The largest absolute Gasteiger partial charge is 0.452 e. The van der Waals surface area contributed by atoms with Gasteiger partial charge in [0.15, 0.2) is 6.61 Å². The molecule has 1 N–H and O–H groups in total. The molecule has 2 aliphatic rings. The summed E-state index contributed by atoms with van der Waals surface area (Å²) < 4.78 is 33.5. The maximum absolute atomic E-state index is 13.0. The van der Waals surface area contributed by atoms with Crippen LogP contribution in [-0.4, -0.2) is 44.4 Å². The van der Waals surface area contributed by atoms with Crippen LogP contribution < -0.4 is 4.72 Å². The molecule has 194 valence electrons.